The highest BCUT2D eigenvalue weighted by Gasteiger charge is 2.29. The van der Waals surface area contributed by atoms with Crippen LogP contribution >= 0.6 is 0 Å². The van der Waals surface area contributed by atoms with Crippen LogP contribution in [0.1, 0.15) is 47.4 Å². The molecule has 1 heterocycles. The van der Waals surface area contributed by atoms with Gasteiger partial charge < -0.3 is 15.5 Å². The molecule has 0 saturated carbocycles. The maximum atomic E-state index is 12.8. The number of carbonyl (C=O) groups is 3. The van der Waals surface area contributed by atoms with Gasteiger partial charge in [-0.05, 0) is 49.9 Å². The summed E-state index contributed by atoms with van der Waals surface area (Å²) in [5.41, 5.74) is 2.53. The lowest BCUT2D eigenvalue weighted by Crippen LogP contribution is -2.31. The van der Waals surface area contributed by atoms with Gasteiger partial charge in [-0.2, -0.15) is 0 Å². The second kappa shape index (κ2) is 8.60. The molecule has 6 nitrogen and oxygen atoms in total. The van der Waals surface area contributed by atoms with Crippen molar-refractivity contribution in [3.05, 3.63) is 71.8 Å². The van der Waals surface area contributed by atoms with Gasteiger partial charge in [0, 0.05) is 30.0 Å². The molecule has 3 amide bonds. The van der Waals surface area contributed by atoms with Gasteiger partial charge in [-0.25, -0.2) is 0 Å². The Bertz CT molecular complexity index is 1160. The van der Waals surface area contributed by atoms with Gasteiger partial charge >= 0.3 is 0 Å². The SMILES string of the molecule is CC(C)NC(=O)c1ccccc1NC(=O)CCCN1C(=O)c2cccc3cccc1c23. The van der Waals surface area contributed by atoms with Crippen LogP contribution in [0, 0.1) is 0 Å². The van der Waals surface area contributed by atoms with Crippen molar-refractivity contribution in [1.82, 2.24) is 5.32 Å². The van der Waals surface area contributed by atoms with Crippen LogP contribution in [0.5, 0.6) is 0 Å². The van der Waals surface area contributed by atoms with Crippen LogP contribution in [-0.2, 0) is 4.79 Å². The highest BCUT2D eigenvalue weighted by Crippen LogP contribution is 2.37. The fourth-order valence-electron chi connectivity index (χ4n) is 3.94. The standard InChI is InChI=1S/C25H25N3O3/c1-16(2)26-24(30)18-10-3-4-12-20(18)27-22(29)14-7-15-28-21-13-6-9-17-8-5-11-19(23(17)21)25(28)31/h3-6,8-13,16H,7,14-15H2,1-2H3,(H,26,30)(H,27,29). The van der Waals surface area contributed by atoms with E-state index < -0.39 is 0 Å². The number of amides is 3. The fraction of sp³-hybridized carbons (Fsp3) is 0.240. The summed E-state index contributed by atoms with van der Waals surface area (Å²) in [7, 11) is 0. The van der Waals surface area contributed by atoms with Crippen molar-refractivity contribution >= 4 is 39.9 Å². The lowest BCUT2D eigenvalue weighted by atomic mass is 10.1. The predicted octanol–water partition coefficient (Wildman–Crippen LogP) is 4.36. The monoisotopic (exact) mass is 415 g/mol. The smallest absolute Gasteiger partial charge is 0.258 e. The van der Waals surface area contributed by atoms with Crippen LogP contribution in [0.2, 0.25) is 0 Å². The Labute approximate surface area is 181 Å². The van der Waals surface area contributed by atoms with E-state index in [0.717, 1.165) is 16.5 Å². The minimum Gasteiger partial charge on any atom is -0.350 e. The molecule has 0 radical (unpaired) electrons. The summed E-state index contributed by atoms with van der Waals surface area (Å²) >= 11 is 0. The summed E-state index contributed by atoms with van der Waals surface area (Å²) in [6.07, 6.45) is 0.762. The van der Waals surface area contributed by atoms with Crippen LogP contribution in [0.25, 0.3) is 10.8 Å². The average Bonchev–Trinajstić information content (AvgIpc) is 3.02. The topological polar surface area (TPSA) is 78.5 Å². The van der Waals surface area contributed by atoms with E-state index in [9.17, 15) is 14.4 Å². The summed E-state index contributed by atoms with van der Waals surface area (Å²) in [6.45, 7) is 4.23. The van der Waals surface area contributed by atoms with Crippen LogP contribution in [0.3, 0.4) is 0 Å². The van der Waals surface area contributed by atoms with Gasteiger partial charge in [-0.3, -0.25) is 14.4 Å². The summed E-state index contributed by atoms with van der Waals surface area (Å²) in [5, 5.41) is 7.69. The van der Waals surface area contributed by atoms with E-state index in [1.165, 1.54) is 0 Å². The van der Waals surface area contributed by atoms with E-state index in [-0.39, 0.29) is 30.2 Å². The van der Waals surface area contributed by atoms with Gasteiger partial charge in [0.05, 0.1) is 16.9 Å². The minimum absolute atomic E-state index is 0.00262. The Hall–Kier alpha value is -3.67. The number of para-hydroxylation sites is 1. The summed E-state index contributed by atoms with van der Waals surface area (Å²) in [4.78, 5) is 39.5. The van der Waals surface area contributed by atoms with Crippen LogP contribution in [0.4, 0.5) is 11.4 Å². The number of nitrogens with one attached hydrogen (secondary N) is 2. The first-order valence-corrected chi connectivity index (χ1v) is 10.5. The quantitative estimate of drug-likeness (QED) is 0.602. The zero-order valence-corrected chi connectivity index (χ0v) is 17.6. The highest BCUT2D eigenvalue weighted by atomic mass is 16.2. The van der Waals surface area contributed by atoms with E-state index in [1.807, 2.05) is 50.2 Å². The first-order chi connectivity index (χ1) is 15.0. The molecule has 1 aliphatic heterocycles. The third-order valence-corrected chi connectivity index (χ3v) is 5.30. The molecule has 1 aliphatic rings. The van der Waals surface area contributed by atoms with Crippen molar-refractivity contribution < 1.29 is 14.4 Å². The third kappa shape index (κ3) is 4.14. The molecule has 3 aromatic carbocycles. The molecule has 0 spiro atoms. The third-order valence-electron chi connectivity index (χ3n) is 5.30. The first kappa shape index (κ1) is 20.6. The van der Waals surface area contributed by atoms with Gasteiger partial charge in [0.25, 0.3) is 11.8 Å². The van der Waals surface area contributed by atoms with Gasteiger partial charge in [-0.15, -0.1) is 0 Å². The molecular formula is C25H25N3O3. The van der Waals surface area contributed by atoms with Crippen molar-refractivity contribution in [1.29, 1.82) is 0 Å². The van der Waals surface area contributed by atoms with Gasteiger partial charge in [0.1, 0.15) is 0 Å². The maximum absolute atomic E-state index is 12.8. The predicted molar refractivity (Wildman–Crippen MR) is 123 cm³/mol. The molecule has 0 fully saturated rings. The molecule has 31 heavy (non-hydrogen) atoms. The highest BCUT2D eigenvalue weighted by molar-refractivity contribution is 6.25. The van der Waals surface area contributed by atoms with Crippen molar-refractivity contribution in [2.45, 2.75) is 32.7 Å². The molecular weight excluding hydrogens is 390 g/mol. The van der Waals surface area contributed by atoms with Crippen molar-refractivity contribution in [2.24, 2.45) is 0 Å². The summed E-state index contributed by atoms with van der Waals surface area (Å²) in [6, 6.07) is 18.6. The van der Waals surface area contributed by atoms with E-state index >= 15 is 0 Å². The van der Waals surface area contributed by atoms with Crippen LogP contribution in [0.15, 0.2) is 60.7 Å². The molecule has 3 aromatic rings. The van der Waals surface area contributed by atoms with E-state index in [1.54, 1.807) is 29.2 Å². The normalized spacial score (nSPS) is 12.5. The Morgan fingerprint density at radius 1 is 0.968 bits per heavy atom. The zero-order valence-electron chi connectivity index (χ0n) is 17.6. The molecule has 158 valence electrons. The zero-order chi connectivity index (χ0) is 22.0. The minimum atomic E-state index is -0.223. The van der Waals surface area contributed by atoms with Crippen molar-refractivity contribution in [3.63, 3.8) is 0 Å². The molecule has 0 aromatic heterocycles. The van der Waals surface area contributed by atoms with Crippen molar-refractivity contribution in [2.75, 3.05) is 16.8 Å². The van der Waals surface area contributed by atoms with E-state index in [4.69, 9.17) is 0 Å². The summed E-state index contributed by atoms with van der Waals surface area (Å²) in [5.74, 6) is -0.436. The van der Waals surface area contributed by atoms with Gasteiger partial charge in [0.2, 0.25) is 5.91 Å². The molecule has 0 bridgehead atoms. The second-order valence-electron chi connectivity index (χ2n) is 7.96. The van der Waals surface area contributed by atoms with Crippen molar-refractivity contribution in [3.8, 4) is 0 Å². The van der Waals surface area contributed by atoms with Crippen LogP contribution < -0.4 is 15.5 Å². The first-order valence-electron chi connectivity index (χ1n) is 10.5. The molecule has 0 aliphatic carbocycles. The molecule has 6 heteroatoms. The number of nitrogens with zero attached hydrogens (tertiary/aromatic N) is 1. The van der Waals surface area contributed by atoms with Gasteiger partial charge in [0.15, 0.2) is 0 Å². The molecule has 0 atom stereocenters. The largest absolute Gasteiger partial charge is 0.350 e. The molecule has 0 saturated heterocycles. The summed E-state index contributed by atoms with van der Waals surface area (Å²) < 4.78 is 0. The maximum Gasteiger partial charge on any atom is 0.258 e. The Morgan fingerprint density at radius 2 is 1.71 bits per heavy atom. The number of anilines is 2. The van der Waals surface area contributed by atoms with E-state index in [0.29, 0.717) is 29.8 Å². The van der Waals surface area contributed by atoms with Crippen LogP contribution in [-0.4, -0.2) is 30.3 Å². The Morgan fingerprint density at radius 3 is 2.48 bits per heavy atom. The molecule has 4 rings (SSSR count). The number of hydrogen-bond donors (Lipinski definition) is 2. The fourth-order valence-corrected chi connectivity index (χ4v) is 3.94. The lowest BCUT2D eigenvalue weighted by Gasteiger charge is -2.17. The van der Waals surface area contributed by atoms with Gasteiger partial charge in [-0.1, -0.05) is 36.4 Å². The number of hydrogen-bond acceptors (Lipinski definition) is 3. The lowest BCUT2D eigenvalue weighted by molar-refractivity contribution is -0.116. The molecule has 2 N–H and O–H groups in total. The van der Waals surface area contributed by atoms with E-state index in [2.05, 4.69) is 10.6 Å². The molecule has 0 unspecified atom stereocenters. The number of carbonyl (C=O) groups excluding carboxylic acids is 3. The number of benzene rings is 3. The average molecular weight is 415 g/mol. The Kier molecular flexibility index (Phi) is 5.71. The second-order valence-corrected chi connectivity index (χ2v) is 7.96. The Balaban J connectivity index is 1.39. The number of rotatable bonds is 7.